The first-order valence-corrected chi connectivity index (χ1v) is 6.02. The number of nitrogens with zero attached hydrogens (tertiary/aromatic N) is 1. The van der Waals surface area contributed by atoms with Crippen molar-refractivity contribution in [3.63, 3.8) is 0 Å². The molecule has 0 saturated carbocycles. The molecule has 0 amide bonds. The summed E-state index contributed by atoms with van der Waals surface area (Å²) in [5, 5.41) is 7.07. The van der Waals surface area contributed by atoms with Gasteiger partial charge in [-0.05, 0) is 11.6 Å². The van der Waals surface area contributed by atoms with E-state index in [2.05, 4.69) is 35.5 Å². The van der Waals surface area contributed by atoms with Crippen molar-refractivity contribution in [2.75, 3.05) is 20.6 Å². The average molecular weight is 382 g/mol. The quantitative estimate of drug-likeness (QED) is 0.480. The first-order chi connectivity index (χ1) is 8.01. The Kier molecular flexibility index (Phi) is 7.62. The SMILES string of the molecule is CN=C(NC)NCC(C)(C)c1ccccc1Cl.I. The fourth-order valence-corrected chi connectivity index (χ4v) is 2.08. The predicted octanol–water partition coefficient (Wildman–Crippen LogP) is 3.03. The molecule has 0 heterocycles. The van der Waals surface area contributed by atoms with E-state index in [-0.39, 0.29) is 29.4 Å². The second kappa shape index (κ2) is 7.84. The Bertz CT molecular complexity index is 405. The topological polar surface area (TPSA) is 36.4 Å². The van der Waals surface area contributed by atoms with Crippen LogP contribution in [-0.2, 0) is 5.41 Å². The molecule has 0 fully saturated rings. The molecule has 1 aromatic rings. The minimum absolute atomic E-state index is 0. The summed E-state index contributed by atoms with van der Waals surface area (Å²) in [6.45, 7) is 5.08. The van der Waals surface area contributed by atoms with Crippen LogP contribution in [0.15, 0.2) is 29.3 Å². The Labute approximate surface area is 131 Å². The third kappa shape index (κ3) is 4.65. The monoisotopic (exact) mass is 381 g/mol. The van der Waals surface area contributed by atoms with Crippen molar-refractivity contribution in [3.05, 3.63) is 34.9 Å². The van der Waals surface area contributed by atoms with Gasteiger partial charge in [0.05, 0.1) is 0 Å². The first kappa shape index (κ1) is 17.5. The molecule has 1 rings (SSSR count). The third-order valence-corrected chi connectivity index (χ3v) is 3.09. The Morgan fingerprint density at radius 2 is 1.94 bits per heavy atom. The van der Waals surface area contributed by atoms with Crippen LogP contribution in [0.2, 0.25) is 5.02 Å². The van der Waals surface area contributed by atoms with Crippen LogP contribution in [0.4, 0.5) is 0 Å². The van der Waals surface area contributed by atoms with Crippen molar-refractivity contribution < 1.29 is 0 Å². The minimum Gasteiger partial charge on any atom is -0.359 e. The minimum atomic E-state index is -0.0505. The molecule has 102 valence electrons. The van der Waals surface area contributed by atoms with Crippen molar-refractivity contribution in [1.29, 1.82) is 0 Å². The zero-order valence-electron chi connectivity index (χ0n) is 11.2. The van der Waals surface area contributed by atoms with Crippen LogP contribution in [0.1, 0.15) is 19.4 Å². The first-order valence-electron chi connectivity index (χ1n) is 5.64. The highest BCUT2D eigenvalue weighted by Gasteiger charge is 2.23. The summed E-state index contributed by atoms with van der Waals surface area (Å²) in [7, 11) is 3.60. The molecule has 3 nitrogen and oxygen atoms in total. The molecule has 0 spiro atoms. The molecule has 0 saturated heterocycles. The summed E-state index contributed by atoms with van der Waals surface area (Å²) in [6, 6.07) is 7.94. The van der Waals surface area contributed by atoms with Gasteiger partial charge in [0.1, 0.15) is 0 Å². The normalized spacial score (nSPS) is 11.7. The highest BCUT2D eigenvalue weighted by molar-refractivity contribution is 14.0. The van der Waals surface area contributed by atoms with Crippen LogP contribution in [0, 0.1) is 0 Å². The Morgan fingerprint density at radius 3 is 2.44 bits per heavy atom. The van der Waals surface area contributed by atoms with E-state index < -0.39 is 0 Å². The van der Waals surface area contributed by atoms with Crippen molar-refractivity contribution in [1.82, 2.24) is 10.6 Å². The van der Waals surface area contributed by atoms with Gasteiger partial charge in [0.2, 0.25) is 0 Å². The second-order valence-electron chi connectivity index (χ2n) is 4.54. The molecular weight excluding hydrogens is 361 g/mol. The lowest BCUT2D eigenvalue weighted by atomic mass is 9.84. The molecule has 18 heavy (non-hydrogen) atoms. The van der Waals surface area contributed by atoms with Crippen LogP contribution in [0.5, 0.6) is 0 Å². The fraction of sp³-hybridized carbons (Fsp3) is 0.462. The second-order valence-corrected chi connectivity index (χ2v) is 4.95. The van der Waals surface area contributed by atoms with Crippen molar-refractivity contribution in [2.45, 2.75) is 19.3 Å². The van der Waals surface area contributed by atoms with Gasteiger partial charge in [-0.1, -0.05) is 43.6 Å². The van der Waals surface area contributed by atoms with Crippen molar-refractivity contribution in [2.24, 2.45) is 4.99 Å². The van der Waals surface area contributed by atoms with Crippen LogP contribution < -0.4 is 10.6 Å². The highest BCUT2D eigenvalue weighted by Crippen LogP contribution is 2.28. The summed E-state index contributed by atoms with van der Waals surface area (Å²) in [6.07, 6.45) is 0. The number of aliphatic imine (C=N–C) groups is 1. The smallest absolute Gasteiger partial charge is 0.190 e. The van der Waals surface area contributed by atoms with Crippen LogP contribution in [-0.4, -0.2) is 26.6 Å². The lowest BCUT2D eigenvalue weighted by Crippen LogP contribution is -2.42. The molecule has 0 aromatic heterocycles. The van der Waals surface area contributed by atoms with Gasteiger partial charge >= 0.3 is 0 Å². The molecule has 5 heteroatoms. The lowest BCUT2D eigenvalue weighted by molar-refractivity contribution is 0.510. The van der Waals surface area contributed by atoms with E-state index in [0.29, 0.717) is 0 Å². The van der Waals surface area contributed by atoms with E-state index in [1.807, 2.05) is 25.2 Å². The maximum Gasteiger partial charge on any atom is 0.190 e. The van der Waals surface area contributed by atoms with Crippen LogP contribution in [0.25, 0.3) is 0 Å². The van der Waals surface area contributed by atoms with Crippen molar-refractivity contribution >= 4 is 41.5 Å². The molecule has 0 radical (unpaired) electrons. The van der Waals surface area contributed by atoms with E-state index in [0.717, 1.165) is 23.1 Å². The standard InChI is InChI=1S/C13H20ClN3.HI/c1-13(2,9-17-12(15-3)16-4)10-7-5-6-8-11(10)14;/h5-8H,9H2,1-4H3,(H2,15,16,17);1H. The van der Waals surface area contributed by atoms with E-state index in [1.54, 1.807) is 7.05 Å². The van der Waals surface area contributed by atoms with E-state index in [4.69, 9.17) is 11.6 Å². The molecule has 0 atom stereocenters. The van der Waals surface area contributed by atoms with Gasteiger partial charge in [-0.15, -0.1) is 24.0 Å². The Morgan fingerprint density at radius 1 is 1.33 bits per heavy atom. The summed E-state index contributed by atoms with van der Waals surface area (Å²) >= 11 is 6.22. The zero-order chi connectivity index (χ0) is 12.9. The van der Waals surface area contributed by atoms with Gasteiger partial charge in [0.25, 0.3) is 0 Å². The number of hydrogen-bond acceptors (Lipinski definition) is 1. The summed E-state index contributed by atoms with van der Waals surface area (Å²) in [4.78, 5) is 4.09. The summed E-state index contributed by atoms with van der Waals surface area (Å²) in [5.74, 6) is 0.783. The van der Waals surface area contributed by atoms with Gasteiger partial charge in [0.15, 0.2) is 5.96 Å². The zero-order valence-corrected chi connectivity index (χ0v) is 14.3. The fourth-order valence-electron chi connectivity index (χ4n) is 1.69. The molecule has 1 aromatic carbocycles. The molecule has 0 unspecified atom stereocenters. The number of rotatable bonds is 3. The maximum atomic E-state index is 6.22. The maximum absolute atomic E-state index is 6.22. The predicted molar refractivity (Wildman–Crippen MR) is 90.3 cm³/mol. The van der Waals surface area contributed by atoms with Gasteiger partial charge in [-0.2, -0.15) is 0 Å². The molecule has 0 aliphatic carbocycles. The molecule has 0 aliphatic rings. The van der Waals surface area contributed by atoms with Crippen molar-refractivity contribution in [3.8, 4) is 0 Å². The average Bonchev–Trinajstić information content (AvgIpc) is 2.30. The van der Waals surface area contributed by atoms with E-state index in [9.17, 15) is 0 Å². The summed E-state index contributed by atoms with van der Waals surface area (Å²) in [5.41, 5.74) is 1.09. The highest BCUT2D eigenvalue weighted by atomic mass is 127. The number of hydrogen-bond donors (Lipinski definition) is 2. The number of nitrogens with one attached hydrogen (secondary N) is 2. The van der Waals surface area contributed by atoms with Gasteiger partial charge in [-0.3, -0.25) is 4.99 Å². The number of halogens is 2. The Balaban J connectivity index is 0.00000289. The largest absolute Gasteiger partial charge is 0.359 e. The molecule has 2 N–H and O–H groups in total. The molecular formula is C13H21ClIN3. The van der Waals surface area contributed by atoms with Crippen LogP contribution in [0.3, 0.4) is 0 Å². The van der Waals surface area contributed by atoms with Gasteiger partial charge in [0, 0.05) is 31.1 Å². The lowest BCUT2D eigenvalue weighted by Gasteiger charge is -2.27. The molecule has 0 bridgehead atoms. The van der Waals surface area contributed by atoms with Crippen LogP contribution >= 0.6 is 35.6 Å². The number of guanidine groups is 1. The summed E-state index contributed by atoms with van der Waals surface area (Å²) < 4.78 is 0. The Hall–Kier alpha value is -0.490. The van der Waals surface area contributed by atoms with Gasteiger partial charge in [-0.25, -0.2) is 0 Å². The van der Waals surface area contributed by atoms with Gasteiger partial charge < -0.3 is 10.6 Å². The van der Waals surface area contributed by atoms with E-state index in [1.165, 1.54) is 0 Å². The third-order valence-electron chi connectivity index (χ3n) is 2.76. The van der Waals surface area contributed by atoms with E-state index >= 15 is 0 Å². The number of benzene rings is 1. The molecule has 0 aliphatic heterocycles.